The second kappa shape index (κ2) is 9.50. The molecule has 1 aliphatic heterocycles. The second-order valence-corrected chi connectivity index (χ2v) is 8.32. The predicted molar refractivity (Wildman–Crippen MR) is 125 cm³/mol. The summed E-state index contributed by atoms with van der Waals surface area (Å²) in [5.74, 6) is -0.253. The molecule has 1 amide bonds. The molecule has 8 nitrogen and oxygen atoms in total. The van der Waals surface area contributed by atoms with Crippen LogP contribution in [0, 0.1) is 0 Å². The van der Waals surface area contributed by atoms with E-state index in [1.54, 1.807) is 25.1 Å². The van der Waals surface area contributed by atoms with Gasteiger partial charge in [-0.25, -0.2) is 4.79 Å². The zero-order valence-corrected chi connectivity index (χ0v) is 18.6. The van der Waals surface area contributed by atoms with Crippen LogP contribution in [0.1, 0.15) is 28.4 Å². The average Bonchev–Trinajstić information content (AvgIpc) is 2.79. The molecule has 3 aromatic rings. The van der Waals surface area contributed by atoms with E-state index in [0.717, 1.165) is 42.9 Å². The first-order valence-corrected chi connectivity index (χ1v) is 11.0. The quantitative estimate of drug-likeness (QED) is 0.611. The lowest BCUT2D eigenvalue weighted by Gasteiger charge is -2.32. The molecule has 0 radical (unpaired) electrons. The Hall–Kier alpha value is -3.23. The summed E-state index contributed by atoms with van der Waals surface area (Å²) in [6, 6.07) is 13.0. The van der Waals surface area contributed by atoms with E-state index < -0.39 is 5.69 Å². The van der Waals surface area contributed by atoms with Gasteiger partial charge in [0.05, 0.1) is 10.9 Å². The third-order valence-corrected chi connectivity index (χ3v) is 6.01. The van der Waals surface area contributed by atoms with E-state index in [-0.39, 0.29) is 11.5 Å². The summed E-state index contributed by atoms with van der Waals surface area (Å²) in [5.41, 5.74) is 2.21. The van der Waals surface area contributed by atoms with E-state index in [2.05, 4.69) is 39.3 Å². The minimum atomic E-state index is -0.472. The molecule has 1 aliphatic rings. The molecule has 1 aromatic heterocycles. The first-order valence-electron chi connectivity index (χ1n) is 11.0. The number of fused-ring (bicyclic) bond motifs is 1. The monoisotopic (exact) mass is 435 g/mol. The van der Waals surface area contributed by atoms with Crippen molar-refractivity contribution in [1.82, 2.24) is 24.7 Å². The highest BCUT2D eigenvalue weighted by atomic mass is 16.2. The van der Waals surface area contributed by atoms with Crippen LogP contribution < -0.4 is 16.6 Å². The molecule has 2 aromatic carbocycles. The van der Waals surface area contributed by atoms with Gasteiger partial charge in [-0.15, -0.1) is 0 Å². The third-order valence-electron chi connectivity index (χ3n) is 6.01. The highest BCUT2D eigenvalue weighted by molar-refractivity contribution is 5.97. The van der Waals surface area contributed by atoms with E-state index in [1.165, 1.54) is 5.56 Å². The van der Waals surface area contributed by atoms with Crippen molar-refractivity contribution >= 4 is 16.8 Å². The van der Waals surface area contributed by atoms with E-state index in [0.29, 0.717) is 29.6 Å². The summed E-state index contributed by atoms with van der Waals surface area (Å²) >= 11 is 0. The Balaban J connectivity index is 1.43. The molecular weight excluding hydrogens is 406 g/mol. The third kappa shape index (κ3) is 4.81. The summed E-state index contributed by atoms with van der Waals surface area (Å²) < 4.78 is 1.14. The molecule has 0 spiro atoms. The van der Waals surface area contributed by atoms with Crippen molar-refractivity contribution in [2.24, 2.45) is 0 Å². The van der Waals surface area contributed by atoms with E-state index >= 15 is 0 Å². The molecule has 0 saturated carbocycles. The van der Waals surface area contributed by atoms with Crippen molar-refractivity contribution in [3.05, 3.63) is 80.0 Å². The molecule has 0 aliphatic carbocycles. The maximum absolute atomic E-state index is 12.7. The number of nitrogens with zero attached hydrogens (tertiary/aromatic N) is 3. The minimum absolute atomic E-state index is 0.253. The predicted octanol–water partition coefficient (Wildman–Crippen LogP) is 1.39. The van der Waals surface area contributed by atoms with Crippen LogP contribution in [0.3, 0.4) is 0 Å². The molecule has 2 heterocycles. The van der Waals surface area contributed by atoms with Gasteiger partial charge in [-0.05, 0) is 43.3 Å². The first-order chi connectivity index (χ1) is 15.4. The number of H-pyrrole nitrogens is 1. The number of likely N-dealkylation sites (N-methyl/N-ethyl adjacent to an activating group) is 1. The van der Waals surface area contributed by atoms with E-state index in [1.807, 2.05) is 12.1 Å². The first kappa shape index (κ1) is 22.0. The van der Waals surface area contributed by atoms with Crippen LogP contribution in [0.5, 0.6) is 0 Å². The Morgan fingerprint density at radius 3 is 2.53 bits per heavy atom. The number of rotatable bonds is 6. The van der Waals surface area contributed by atoms with Gasteiger partial charge in [-0.1, -0.05) is 24.3 Å². The van der Waals surface area contributed by atoms with Crippen molar-refractivity contribution < 1.29 is 4.79 Å². The largest absolute Gasteiger partial charge is 0.348 e. The van der Waals surface area contributed by atoms with Crippen LogP contribution in [-0.2, 0) is 19.6 Å². The summed E-state index contributed by atoms with van der Waals surface area (Å²) in [4.78, 5) is 44.6. The number of benzene rings is 2. The Bertz CT molecular complexity index is 1240. The number of aromatic amines is 1. The van der Waals surface area contributed by atoms with E-state index in [4.69, 9.17) is 0 Å². The molecule has 168 valence electrons. The summed E-state index contributed by atoms with van der Waals surface area (Å²) in [5, 5.41) is 3.32. The van der Waals surface area contributed by atoms with E-state index in [9.17, 15) is 14.4 Å². The molecule has 8 heteroatoms. The Morgan fingerprint density at radius 2 is 1.78 bits per heavy atom. The van der Waals surface area contributed by atoms with Crippen LogP contribution in [0.2, 0.25) is 0 Å². The van der Waals surface area contributed by atoms with Crippen LogP contribution in [0.25, 0.3) is 10.9 Å². The zero-order chi connectivity index (χ0) is 22.7. The topological polar surface area (TPSA) is 90.4 Å². The number of aromatic nitrogens is 2. The molecule has 2 N–H and O–H groups in total. The van der Waals surface area contributed by atoms with Gasteiger partial charge in [0, 0.05) is 51.4 Å². The van der Waals surface area contributed by atoms with Gasteiger partial charge < -0.3 is 15.2 Å². The number of carbonyl (C=O) groups is 1. The molecule has 4 rings (SSSR count). The summed E-state index contributed by atoms with van der Waals surface area (Å²) in [6.07, 6.45) is 0. The highest BCUT2D eigenvalue weighted by Gasteiger charge is 2.14. The fraction of sp³-hybridized carbons (Fsp3) is 0.375. The fourth-order valence-corrected chi connectivity index (χ4v) is 4.07. The number of hydrogen-bond donors (Lipinski definition) is 2. The zero-order valence-electron chi connectivity index (χ0n) is 18.6. The maximum Gasteiger partial charge on any atom is 0.328 e. The van der Waals surface area contributed by atoms with Crippen molar-refractivity contribution in [3.8, 4) is 0 Å². The SMILES string of the molecule is CCn1c(=O)[nH]c2cc(C(=O)NCc3cccc(CN4CCN(C)CC4)c3)ccc2c1=O. The highest BCUT2D eigenvalue weighted by Crippen LogP contribution is 2.12. The lowest BCUT2D eigenvalue weighted by atomic mass is 10.1. The molecule has 0 bridgehead atoms. The van der Waals surface area contributed by atoms with Crippen LogP contribution in [0.4, 0.5) is 0 Å². The number of carbonyl (C=O) groups excluding carboxylic acids is 1. The van der Waals surface area contributed by atoms with Gasteiger partial charge in [0.2, 0.25) is 0 Å². The number of hydrogen-bond acceptors (Lipinski definition) is 5. The molecular formula is C24H29N5O3. The van der Waals surface area contributed by atoms with Crippen LogP contribution >= 0.6 is 0 Å². The normalized spacial score (nSPS) is 15.2. The average molecular weight is 436 g/mol. The van der Waals surface area contributed by atoms with Crippen molar-refractivity contribution in [3.63, 3.8) is 0 Å². The van der Waals surface area contributed by atoms with Crippen molar-refractivity contribution in [2.75, 3.05) is 33.2 Å². The Labute approximate surface area is 186 Å². The van der Waals surface area contributed by atoms with Crippen LogP contribution in [0.15, 0.2) is 52.1 Å². The van der Waals surface area contributed by atoms with Crippen molar-refractivity contribution in [2.45, 2.75) is 26.6 Å². The molecule has 32 heavy (non-hydrogen) atoms. The van der Waals surface area contributed by atoms with Gasteiger partial charge in [-0.2, -0.15) is 0 Å². The fourth-order valence-electron chi connectivity index (χ4n) is 4.07. The molecule has 1 fully saturated rings. The smallest absolute Gasteiger partial charge is 0.328 e. The molecule has 0 unspecified atom stereocenters. The summed E-state index contributed by atoms with van der Waals surface area (Å²) in [6.45, 7) is 7.63. The number of piperazine rings is 1. The lowest BCUT2D eigenvalue weighted by molar-refractivity contribution is 0.0951. The Kier molecular flexibility index (Phi) is 6.53. The standard InChI is InChI=1S/C24H29N5O3/c1-3-29-23(31)20-8-7-19(14-21(20)26-24(29)32)22(30)25-15-17-5-4-6-18(13-17)16-28-11-9-27(2)10-12-28/h4-8,13-14H,3,9-12,15-16H2,1-2H3,(H,25,30)(H,26,32). The van der Waals surface area contributed by atoms with Gasteiger partial charge >= 0.3 is 5.69 Å². The Morgan fingerprint density at radius 1 is 1.03 bits per heavy atom. The van der Waals surface area contributed by atoms with Gasteiger partial charge in [0.25, 0.3) is 11.5 Å². The van der Waals surface area contributed by atoms with Gasteiger partial charge in [0.1, 0.15) is 0 Å². The molecule has 0 atom stereocenters. The van der Waals surface area contributed by atoms with Gasteiger partial charge in [-0.3, -0.25) is 19.1 Å². The summed E-state index contributed by atoms with van der Waals surface area (Å²) in [7, 11) is 2.15. The number of amides is 1. The maximum atomic E-state index is 12.7. The number of nitrogens with one attached hydrogen (secondary N) is 2. The molecule has 1 saturated heterocycles. The second-order valence-electron chi connectivity index (χ2n) is 8.32. The van der Waals surface area contributed by atoms with Gasteiger partial charge in [0.15, 0.2) is 0 Å². The van der Waals surface area contributed by atoms with Crippen molar-refractivity contribution in [1.29, 1.82) is 0 Å². The van der Waals surface area contributed by atoms with Crippen LogP contribution in [-0.4, -0.2) is 58.5 Å². The minimum Gasteiger partial charge on any atom is -0.348 e. The lowest BCUT2D eigenvalue weighted by Crippen LogP contribution is -2.43.